The Morgan fingerprint density at radius 3 is 2.81 bits per heavy atom. The highest BCUT2D eigenvalue weighted by molar-refractivity contribution is 8.26. The lowest BCUT2D eigenvalue weighted by atomic mass is 10.2. The molecular formula is C13H18ClN5OS. The molecule has 0 amide bonds. The average Bonchev–Trinajstić information content (AvgIpc) is 2.37. The Bertz CT molecular complexity index is 533. The lowest BCUT2D eigenvalue weighted by Crippen LogP contribution is -2.35. The maximum atomic E-state index is 7.75. The van der Waals surface area contributed by atoms with Crippen molar-refractivity contribution >= 4 is 39.4 Å². The normalized spacial score (nSPS) is 15.7. The van der Waals surface area contributed by atoms with Crippen LogP contribution >= 0.6 is 23.4 Å². The number of aromatic nitrogens is 1. The highest BCUT2D eigenvalue weighted by Crippen LogP contribution is 2.18. The van der Waals surface area contributed by atoms with Gasteiger partial charge in [-0.2, -0.15) is 0 Å². The summed E-state index contributed by atoms with van der Waals surface area (Å²) in [5.74, 6) is 0.532. The lowest BCUT2D eigenvalue weighted by molar-refractivity contribution is 0.0342. The Morgan fingerprint density at radius 1 is 1.43 bits per heavy atom. The topological polar surface area (TPSA) is 85.1 Å². The fourth-order valence-electron chi connectivity index (χ4n) is 2.02. The summed E-state index contributed by atoms with van der Waals surface area (Å²) in [5, 5.41) is 18.9. The van der Waals surface area contributed by atoms with Crippen LogP contribution in [0.5, 0.6) is 0 Å². The molecule has 114 valence electrons. The lowest BCUT2D eigenvalue weighted by Gasteiger charge is -2.26. The van der Waals surface area contributed by atoms with Crippen molar-refractivity contribution in [2.24, 2.45) is 0 Å². The predicted molar refractivity (Wildman–Crippen MR) is 87.7 cm³/mol. The summed E-state index contributed by atoms with van der Waals surface area (Å²) in [6, 6.07) is 3.72. The van der Waals surface area contributed by atoms with E-state index in [2.05, 4.69) is 15.2 Å². The number of thioether (sulfide) groups is 1. The molecule has 1 aliphatic heterocycles. The first-order chi connectivity index (χ1) is 10.0. The van der Waals surface area contributed by atoms with Gasteiger partial charge in [0.1, 0.15) is 11.0 Å². The van der Waals surface area contributed by atoms with E-state index in [1.165, 1.54) is 0 Å². The first-order valence-corrected chi connectivity index (χ1v) is 7.77. The molecule has 0 aliphatic carbocycles. The van der Waals surface area contributed by atoms with E-state index >= 15 is 0 Å². The quantitative estimate of drug-likeness (QED) is 0.451. The number of pyridine rings is 1. The molecule has 1 aliphatic rings. The van der Waals surface area contributed by atoms with Crippen LogP contribution in [0.4, 0.5) is 5.82 Å². The number of ether oxygens (including phenoxy) is 1. The minimum absolute atomic E-state index is 0.162. The van der Waals surface area contributed by atoms with Crippen LogP contribution < -0.4 is 5.32 Å². The Hall–Kier alpha value is -1.15. The number of anilines is 1. The second kappa shape index (κ2) is 7.74. The van der Waals surface area contributed by atoms with Gasteiger partial charge in [0.25, 0.3) is 0 Å². The van der Waals surface area contributed by atoms with Crippen molar-refractivity contribution in [2.45, 2.75) is 13.5 Å². The number of hydrogen-bond acceptors (Lipinski definition) is 6. The smallest absolute Gasteiger partial charge is 0.165 e. The second-order valence-corrected chi connectivity index (χ2v) is 6.30. The summed E-state index contributed by atoms with van der Waals surface area (Å²) in [4.78, 5) is 6.45. The molecule has 0 unspecified atom stereocenters. The Kier molecular flexibility index (Phi) is 5.98. The molecule has 1 aromatic rings. The van der Waals surface area contributed by atoms with Crippen LogP contribution in [0.15, 0.2) is 12.1 Å². The minimum atomic E-state index is 0.162. The van der Waals surface area contributed by atoms with Crippen LogP contribution in [0.3, 0.4) is 0 Å². The van der Waals surface area contributed by atoms with E-state index in [4.69, 9.17) is 27.2 Å². The van der Waals surface area contributed by atoms with Crippen LogP contribution in [0.25, 0.3) is 0 Å². The summed E-state index contributed by atoms with van der Waals surface area (Å²) in [6.45, 7) is 5.73. The molecule has 2 rings (SSSR count). The van der Waals surface area contributed by atoms with Crippen molar-refractivity contribution < 1.29 is 4.74 Å². The molecule has 3 N–H and O–H groups in total. The van der Waals surface area contributed by atoms with E-state index in [0.29, 0.717) is 16.0 Å². The van der Waals surface area contributed by atoms with Crippen molar-refractivity contribution in [3.05, 3.63) is 22.8 Å². The van der Waals surface area contributed by atoms with Crippen molar-refractivity contribution in [3.63, 3.8) is 0 Å². The van der Waals surface area contributed by atoms with E-state index < -0.39 is 0 Å². The number of morpholine rings is 1. The minimum Gasteiger partial charge on any atom is -0.379 e. The monoisotopic (exact) mass is 327 g/mol. The first kappa shape index (κ1) is 16.2. The third-order valence-corrected chi connectivity index (χ3v) is 3.67. The van der Waals surface area contributed by atoms with E-state index in [1.807, 2.05) is 12.1 Å². The van der Waals surface area contributed by atoms with Gasteiger partial charge in [-0.15, -0.1) is 0 Å². The highest BCUT2D eigenvalue weighted by Gasteiger charge is 2.12. The molecule has 1 aromatic heterocycles. The predicted octanol–water partition coefficient (Wildman–Crippen LogP) is 2.64. The maximum absolute atomic E-state index is 7.75. The number of rotatable bonds is 3. The summed E-state index contributed by atoms with van der Waals surface area (Å²) in [7, 11) is 0. The van der Waals surface area contributed by atoms with E-state index in [1.54, 1.807) is 6.92 Å². The number of amidine groups is 1. The highest BCUT2D eigenvalue weighted by atomic mass is 35.5. The van der Waals surface area contributed by atoms with Gasteiger partial charge in [0.15, 0.2) is 5.17 Å². The van der Waals surface area contributed by atoms with Gasteiger partial charge in [-0.25, -0.2) is 4.98 Å². The third kappa shape index (κ3) is 5.62. The van der Waals surface area contributed by atoms with Crippen LogP contribution in [0.1, 0.15) is 12.5 Å². The van der Waals surface area contributed by atoms with Gasteiger partial charge < -0.3 is 10.1 Å². The van der Waals surface area contributed by atoms with E-state index in [-0.39, 0.29) is 5.17 Å². The van der Waals surface area contributed by atoms with E-state index in [9.17, 15) is 0 Å². The molecule has 0 bridgehead atoms. The molecule has 1 fully saturated rings. The molecule has 8 heteroatoms. The van der Waals surface area contributed by atoms with Gasteiger partial charge in [-0.1, -0.05) is 11.6 Å². The average molecular weight is 328 g/mol. The number of halogens is 1. The largest absolute Gasteiger partial charge is 0.379 e. The molecule has 0 aromatic carbocycles. The third-order valence-electron chi connectivity index (χ3n) is 2.86. The van der Waals surface area contributed by atoms with Crippen LogP contribution in [0, 0.1) is 10.8 Å². The summed E-state index contributed by atoms with van der Waals surface area (Å²) < 4.78 is 5.33. The Labute approximate surface area is 133 Å². The number of hydrogen-bond donors (Lipinski definition) is 3. The van der Waals surface area contributed by atoms with Crippen molar-refractivity contribution in [1.82, 2.24) is 9.88 Å². The SMILES string of the molecule is CC(=N)SC(=N)Nc1cc(CN2CCOCC2)cc(Cl)n1. The number of nitrogens with one attached hydrogen (secondary N) is 3. The second-order valence-electron chi connectivity index (χ2n) is 4.68. The summed E-state index contributed by atoms with van der Waals surface area (Å²) >= 11 is 7.09. The van der Waals surface area contributed by atoms with Crippen LogP contribution in [0.2, 0.25) is 5.15 Å². The fraction of sp³-hybridized carbons (Fsp3) is 0.462. The van der Waals surface area contributed by atoms with Crippen LogP contribution in [-0.2, 0) is 11.3 Å². The standard InChI is InChI=1S/C13H18ClN5OS/c1-9(15)21-13(16)18-12-7-10(6-11(14)17-12)8-19-2-4-20-5-3-19/h6-7,15H,2-5,8H2,1H3,(H2,16,17,18). The van der Waals surface area contributed by atoms with Gasteiger partial charge >= 0.3 is 0 Å². The van der Waals surface area contributed by atoms with Gasteiger partial charge in [0.05, 0.1) is 18.3 Å². The molecule has 0 saturated carbocycles. The fourth-order valence-corrected chi connectivity index (χ4v) is 2.71. The zero-order chi connectivity index (χ0) is 15.2. The molecule has 21 heavy (non-hydrogen) atoms. The van der Waals surface area contributed by atoms with Crippen molar-refractivity contribution in [3.8, 4) is 0 Å². The zero-order valence-electron chi connectivity index (χ0n) is 11.8. The van der Waals surface area contributed by atoms with Gasteiger partial charge in [-0.3, -0.25) is 15.7 Å². The Morgan fingerprint density at radius 2 is 2.14 bits per heavy atom. The molecular weight excluding hydrogens is 310 g/mol. The van der Waals surface area contributed by atoms with E-state index in [0.717, 1.165) is 50.2 Å². The van der Waals surface area contributed by atoms with Gasteiger partial charge in [0, 0.05) is 19.6 Å². The Balaban J connectivity index is 2.02. The number of nitrogens with zero attached hydrogens (tertiary/aromatic N) is 2. The molecule has 0 spiro atoms. The molecule has 2 heterocycles. The summed E-state index contributed by atoms with van der Waals surface area (Å²) in [6.07, 6.45) is 0. The molecule has 0 radical (unpaired) electrons. The molecule has 0 atom stereocenters. The van der Waals surface area contributed by atoms with Gasteiger partial charge in [0.2, 0.25) is 0 Å². The van der Waals surface area contributed by atoms with Crippen LogP contribution in [-0.4, -0.2) is 46.4 Å². The summed E-state index contributed by atoms with van der Waals surface area (Å²) in [5.41, 5.74) is 1.05. The maximum Gasteiger partial charge on any atom is 0.165 e. The first-order valence-electron chi connectivity index (χ1n) is 6.58. The molecule has 6 nitrogen and oxygen atoms in total. The van der Waals surface area contributed by atoms with Crippen molar-refractivity contribution in [1.29, 1.82) is 10.8 Å². The molecule has 1 saturated heterocycles. The van der Waals surface area contributed by atoms with Crippen molar-refractivity contribution in [2.75, 3.05) is 31.6 Å². The van der Waals surface area contributed by atoms with Gasteiger partial charge in [-0.05, 0) is 36.4 Å². The zero-order valence-corrected chi connectivity index (χ0v) is 13.4.